The molecule has 2 atom stereocenters. The molecule has 1 aliphatic heterocycles. The number of carbonyl (C=O) groups is 2. The maximum atomic E-state index is 12.2. The Kier molecular flexibility index (Phi) is 4.50. The summed E-state index contributed by atoms with van der Waals surface area (Å²) >= 11 is 0. The first-order chi connectivity index (χ1) is 9.88. The summed E-state index contributed by atoms with van der Waals surface area (Å²) < 4.78 is 5.65. The number of rotatable bonds is 5. The van der Waals surface area contributed by atoms with Gasteiger partial charge in [0.1, 0.15) is 5.75 Å². The number of aryl methyl sites for hydroxylation is 1. The maximum absolute atomic E-state index is 12.2. The molecule has 0 aromatic heterocycles. The highest BCUT2D eigenvalue weighted by atomic mass is 16.5. The van der Waals surface area contributed by atoms with Gasteiger partial charge in [0, 0.05) is 19.0 Å². The molecule has 0 spiro atoms. The Morgan fingerprint density at radius 3 is 2.57 bits per heavy atom. The van der Waals surface area contributed by atoms with Gasteiger partial charge >= 0.3 is 5.97 Å². The molecule has 0 aliphatic carbocycles. The van der Waals surface area contributed by atoms with Gasteiger partial charge in [0.2, 0.25) is 0 Å². The first kappa shape index (κ1) is 15.4. The van der Waals surface area contributed by atoms with Gasteiger partial charge in [-0.3, -0.25) is 9.59 Å². The summed E-state index contributed by atoms with van der Waals surface area (Å²) in [7, 11) is 0. The molecule has 1 fully saturated rings. The Balaban J connectivity index is 1.86. The lowest BCUT2D eigenvalue weighted by Crippen LogP contribution is -2.56. The molecule has 1 N–H and O–H groups in total. The number of carbonyl (C=O) groups excluding carboxylic acids is 1. The van der Waals surface area contributed by atoms with Crippen LogP contribution in [0.2, 0.25) is 0 Å². The molecule has 114 valence electrons. The first-order valence-electron chi connectivity index (χ1n) is 7.13. The van der Waals surface area contributed by atoms with Crippen LogP contribution in [0.5, 0.6) is 5.75 Å². The highest BCUT2D eigenvalue weighted by molar-refractivity contribution is 5.82. The summed E-state index contributed by atoms with van der Waals surface area (Å²) in [5.41, 5.74) is 1.08. The van der Waals surface area contributed by atoms with Crippen LogP contribution in [-0.4, -0.2) is 41.1 Å². The Bertz CT molecular complexity index is 537. The minimum absolute atomic E-state index is 0.0395. The highest BCUT2D eigenvalue weighted by Crippen LogP contribution is 2.25. The van der Waals surface area contributed by atoms with Gasteiger partial charge in [-0.2, -0.15) is 0 Å². The summed E-state index contributed by atoms with van der Waals surface area (Å²) in [6, 6.07) is 7.56. The molecule has 1 heterocycles. The Hall–Kier alpha value is -2.04. The average molecular weight is 291 g/mol. The van der Waals surface area contributed by atoms with Crippen molar-refractivity contribution in [2.75, 3.05) is 13.1 Å². The van der Waals surface area contributed by atoms with Gasteiger partial charge in [0.15, 0.2) is 6.10 Å². The summed E-state index contributed by atoms with van der Waals surface area (Å²) in [6.45, 7) is 6.36. The fourth-order valence-corrected chi connectivity index (χ4v) is 2.41. The normalized spacial score (nSPS) is 17.8. The molecular weight excluding hydrogens is 270 g/mol. The zero-order valence-corrected chi connectivity index (χ0v) is 12.6. The minimum atomic E-state index is -0.809. The molecule has 1 saturated heterocycles. The number of hydrogen-bond acceptors (Lipinski definition) is 3. The standard InChI is InChI=1S/C16H21NO4/c1-10-5-4-6-14(7-10)21-12(3)15(18)17-8-13(9-17)11(2)16(19)20/h4-7,11-13H,8-9H2,1-3H3,(H,19,20). The third-order valence-electron chi connectivity index (χ3n) is 3.97. The molecular formula is C16H21NO4. The zero-order chi connectivity index (χ0) is 15.6. The van der Waals surface area contributed by atoms with Crippen molar-refractivity contribution in [1.82, 2.24) is 4.90 Å². The summed E-state index contributed by atoms with van der Waals surface area (Å²) in [4.78, 5) is 24.8. The lowest BCUT2D eigenvalue weighted by molar-refractivity contribution is -0.153. The van der Waals surface area contributed by atoms with Crippen molar-refractivity contribution >= 4 is 11.9 Å². The van der Waals surface area contributed by atoms with Crippen LogP contribution in [0.1, 0.15) is 19.4 Å². The van der Waals surface area contributed by atoms with Crippen LogP contribution in [0.15, 0.2) is 24.3 Å². The molecule has 0 bridgehead atoms. The molecule has 2 rings (SSSR count). The van der Waals surface area contributed by atoms with Gasteiger partial charge in [0.25, 0.3) is 5.91 Å². The molecule has 5 nitrogen and oxygen atoms in total. The lowest BCUT2D eigenvalue weighted by atomic mass is 9.87. The summed E-state index contributed by atoms with van der Waals surface area (Å²) in [5.74, 6) is -0.604. The van der Waals surface area contributed by atoms with E-state index in [1.807, 2.05) is 31.2 Å². The second-order valence-electron chi connectivity index (χ2n) is 5.71. The van der Waals surface area contributed by atoms with Crippen LogP contribution in [0.3, 0.4) is 0 Å². The molecule has 0 saturated carbocycles. The quantitative estimate of drug-likeness (QED) is 0.900. The van der Waals surface area contributed by atoms with Crippen molar-refractivity contribution in [3.63, 3.8) is 0 Å². The third kappa shape index (κ3) is 3.54. The van der Waals surface area contributed by atoms with E-state index in [1.165, 1.54) is 0 Å². The molecule has 1 amide bonds. The van der Waals surface area contributed by atoms with Crippen molar-refractivity contribution in [2.45, 2.75) is 26.9 Å². The SMILES string of the molecule is Cc1cccc(OC(C)C(=O)N2CC(C(C)C(=O)O)C2)c1. The van der Waals surface area contributed by atoms with E-state index in [2.05, 4.69) is 0 Å². The van der Waals surface area contributed by atoms with Crippen LogP contribution in [-0.2, 0) is 9.59 Å². The summed E-state index contributed by atoms with van der Waals surface area (Å²) in [6.07, 6.45) is -0.562. The van der Waals surface area contributed by atoms with Crippen LogP contribution < -0.4 is 4.74 Å². The zero-order valence-electron chi connectivity index (χ0n) is 12.6. The predicted octanol–water partition coefficient (Wildman–Crippen LogP) is 1.94. The maximum Gasteiger partial charge on any atom is 0.306 e. The molecule has 1 aromatic carbocycles. The molecule has 1 aliphatic rings. The minimum Gasteiger partial charge on any atom is -0.481 e. The van der Waals surface area contributed by atoms with Crippen LogP contribution >= 0.6 is 0 Å². The number of likely N-dealkylation sites (tertiary alicyclic amines) is 1. The van der Waals surface area contributed by atoms with Gasteiger partial charge in [0.05, 0.1) is 5.92 Å². The van der Waals surface area contributed by atoms with Gasteiger partial charge in [-0.25, -0.2) is 0 Å². The topological polar surface area (TPSA) is 66.8 Å². The molecule has 0 radical (unpaired) electrons. The van der Waals surface area contributed by atoms with E-state index >= 15 is 0 Å². The first-order valence-corrected chi connectivity index (χ1v) is 7.13. The van der Waals surface area contributed by atoms with E-state index < -0.39 is 18.0 Å². The predicted molar refractivity (Wildman–Crippen MR) is 78.1 cm³/mol. The van der Waals surface area contributed by atoms with Gasteiger partial charge in [-0.05, 0) is 31.5 Å². The number of nitrogens with zero attached hydrogens (tertiary/aromatic N) is 1. The van der Waals surface area contributed by atoms with Crippen molar-refractivity contribution in [3.8, 4) is 5.75 Å². The molecule has 5 heteroatoms. The van der Waals surface area contributed by atoms with Crippen molar-refractivity contribution in [3.05, 3.63) is 29.8 Å². The van der Waals surface area contributed by atoms with Gasteiger partial charge in [-0.1, -0.05) is 19.1 Å². The smallest absolute Gasteiger partial charge is 0.306 e. The number of benzene rings is 1. The molecule has 2 unspecified atom stereocenters. The number of carboxylic acid groups (broad SMARTS) is 1. The van der Waals surface area contributed by atoms with Crippen LogP contribution in [0.4, 0.5) is 0 Å². The van der Waals surface area contributed by atoms with E-state index in [1.54, 1.807) is 18.7 Å². The van der Waals surface area contributed by atoms with E-state index in [0.717, 1.165) is 5.56 Å². The monoisotopic (exact) mass is 291 g/mol. The number of hydrogen-bond donors (Lipinski definition) is 1. The Labute approximate surface area is 124 Å². The van der Waals surface area contributed by atoms with E-state index in [9.17, 15) is 9.59 Å². The van der Waals surface area contributed by atoms with E-state index in [0.29, 0.717) is 18.8 Å². The lowest BCUT2D eigenvalue weighted by Gasteiger charge is -2.42. The molecule has 1 aromatic rings. The van der Waals surface area contributed by atoms with Gasteiger partial charge < -0.3 is 14.7 Å². The van der Waals surface area contributed by atoms with E-state index in [4.69, 9.17) is 9.84 Å². The van der Waals surface area contributed by atoms with Crippen molar-refractivity contribution < 1.29 is 19.4 Å². The summed E-state index contributed by atoms with van der Waals surface area (Å²) in [5, 5.41) is 8.94. The Morgan fingerprint density at radius 1 is 1.33 bits per heavy atom. The van der Waals surface area contributed by atoms with Crippen LogP contribution in [0.25, 0.3) is 0 Å². The third-order valence-corrected chi connectivity index (χ3v) is 3.97. The number of aliphatic carboxylic acids is 1. The molecule has 21 heavy (non-hydrogen) atoms. The fourth-order valence-electron chi connectivity index (χ4n) is 2.41. The van der Waals surface area contributed by atoms with Crippen molar-refractivity contribution in [1.29, 1.82) is 0 Å². The second kappa shape index (κ2) is 6.16. The number of carboxylic acids is 1. The van der Waals surface area contributed by atoms with Gasteiger partial charge in [-0.15, -0.1) is 0 Å². The van der Waals surface area contributed by atoms with E-state index in [-0.39, 0.29) is 11.8 Å². The largest absolute Gasteiger partial charge is 0.481 e. The Morgan fingerprint density at radius 2 is 2.00 bits per heavy atom. The highest BCUT2D eigenvalue weighted by Gasteiger charge is 2.38. The second-order valence-corrected chi connectivity index (χ2v) is 5.71. The number of ether oxygens (including phenoxy) is 1. The van der Waals surface area contributed by atoms with Crippen molar-refractivity contribution in [2.24, 2.45) is 11.8 Å². The van der Waals surface area contributed by atoms with Crippen LogP contribution in [0, 0.1) is 18.8 Å². The average Bonchev–Trinajstić information content (AvgIpc) is 2.36. The number of amides is 1. The fraction of sp³-hybridized carbons (Fsp3) is 0.500.